The minimum Gasteiger partial charge on any atom is -0.399 e. The lowest BCUT2D eigenvalue weighted by atomic mass is 10.0. The zero-order chi connectivity index (χ0) is 11.4. The molecule has 0 radical (unpaired) electrons. The summed E-state index contributed by atoms with van der Waals surface area (Å²) >= 11 is 0. The number of nitrogens with zero attached hydrogens (tertiary/aromatic N) is 2. The first-order valence-electron chi connectivity index (χ1n) is 5.58. The zero-order valence-electron chi connectivity index (χ0n) is 9.56. The van der Waals surface area contributed by atoms with Gasteiger partial charge in [-0.25, -0.2) is 0 Å². The van der Waals surface area contributed by atoms with Crippen molar-refractivity contribution >= 4 is 5.69 Å². The van der Waals surface area contributed by atoms with Crippen molar-refractivity contribution in [1.82, 2.24) is 9.78 Å². The van der Waals surface area contributed by atoms with E-state index in [9.17, 15) is 0 Å². The van der Waals surface area contributed by atoms with Crippen molar-refractivity contribution in [1.29, 1.82) is 0 Å². The Morgan fingerprint density at radius 2 is 2.25 bits per heavy atom. The molecule has 0 aliphatic heterocycles. The first-order chi connectivity index (χ1) is 7.75. The molecule has 0 fully saturated rings. The van der Waals surface area contributed by atoms with Crippen LogP contribution in [0, 0.1) is 6.92 Å². The monoisotopic (exact) mass is 215 g/mol. The number of hydrogen-bond donors (Lipinski definition) is 1. The lowest BCUT2D eigenvalue weighted by Gasteiger charge is -2.06. The Kier molecular flexibility index (Phi) is 3.25. The van der Waals surface area contributed by atoms with Crippen molar-refractivity contribution in [3.63, 3.8) is 0 Å². The molecule has 2 rings (SSSR count). The van der Waals surface area contributed by atoms with Crippen LogP contribution in [0.25, 0.3) is 0 Å². The van der Waals surface area contributed by atoms with Crippen LogP contribution in [0.1, 0.15) is 17.5 Å². The Bertz CT molecular complexity index is 446. The first kappa shape index (κ1) is 10.7. The number of nitrogens with two attached hydrogens (primary N) is 1. The van der Waals surface area contributed by atoms with E-state index in [1.165, 1.54) is 11.1 Å². The van der Waals surface area contributed by atoms with Crippen LogP contribution in [0.4, 0.5) is 5.69 Å². The number of hydrogen-bond acceptors (Lipinski definition) is 2. The molecule has 2 aromatic rings. The highest BCUT2D eigenvalue weighted by molar-refractivity contribution is 5.44. The minimum absolute atomic E-state index is 0.841. The van der Waals surface area contributed by atoms with Gasteiger partial charge in [-0.2, -0.15) is 5.10 Å². The predicted molar refractivity (Wildman–Crippen MR) is 66.1 cm³/mol. The molecule has 1 aromatic heterocycles. The van der Waals surface area contributed by atoms with Gasteiger partial charge in [-0.15, -0.1) is 0 Å². The van der Waals surface area contributed by atoms with Gasteiger partial charge in [0.1, 0.15) is 0 Å². The molecule has 3 heteroatoms. The molecule has 0 unspecified atom stereocenters. The third kappa shape index (κ3) is 2.63. The molecule has 0 aliphatic carbocycles. The molecule has 2 N–H and O–H groups in total. The number of rotatable bonds is 4. The van der Waals surface area contributed by atoms with E-state index in [0.29, 0.717) is 0 Å². The lowest BCUT2D eigenvalue weighted by Crippen LogP contribution is -2.00. The second-order valence-electron chi connectivity index (χ2n) is 4.06. The van der Waals surface area contributed by atoms with Crippen LogP contribution < -0.4 is 5.73 Å². The van der Waals surface area contributed by atoms with Gasteiger partial charge in [-0.05, 0) is 49.1 Å². The maximum atomic E-state index is 5.72. The Morgan fingerprint density at radius 3 is 2.94 bits per heavy atom. The molecule has 1 heterocycles. The molecule has 0 saturated heterocycles. The summed E-state index contributed by atoms with van der Waals surface area (Å²) in [6, 6.07) is 8.07. The van der Waals surface area contributed by atoms with Crippen LogP contribution in [0.3, 0.4) is 0 Å². The number of nitrogen functional groups attached to an aromatic ring is 1. The van der Waals surface area contributed by atoms with E-state index < -0.39 is 0 Å². The fraction of sp³-hybridized carbons (Fsp3) is 0.308. The summed E-state index contributed by atoms with van der Waals surface area (Å²) in [6.45, 7) is 3.08. The van der Waals surface area contributed by atoms with Crippen LogP contribution >= 0.6 is 0 Å². The average Bonchev–Trinajstić information content (AvgIpc) is 2.74. The quantitative estimate of drug-likeness (QED) is 0.796. The highest BCUT2D eigenvalue weighted by Crippen LogP contribution is 2.14. The van der Waals surface area contributed by atoms with Crippen LogP contribution in [0.2, 0.25) is 0 Å². The van der Waals surface area contributed by atoms with Gasteiger partial charge in [0.05, 0.1) is 0 Å². The van der Waals surface area contributed by atoms with Gasteiger partial charge < -0.3 is 5.73 Å². The normalized spacial score (nSPS) is 10.6. The van der Waals surface area contributed by atoms with Gasteiger partial charge >= 0.3 is 0 Å². The number of benzene rings is 1. The lowest BCUT2D eigenvalue weighted by molar-refractivity contribution is 0.578. The maximum absolute atomic E-state index is 5.72. The van der Waals surface area contributed by atoms with E-state index in [0.717, 1.165) is 25.1 Å². The van der Waals surface area contributed by atoms with Crippen LogP contribution in [-0.4, -0.2) is 9.78 Å². The molecule has 0 spiro atoms. The van der Waals surface area contributed by atoms with E-state index >= 15 is 0 Å². The van der Waals surface area contributed by atoms with E-state index in [4.69, 9.17) is 5.73 Å². The Labute approximate surface area is 95.9 Å². The number of aromatic nitrogens is 2. The standard InChI is InChI=1S/C13H17N3/c1-11-10-13(14)6-5-12(11)4-2-8-16-9-3-7-15-16/h3,5-7,9-10H,2,4,8,14H2,1H3. The highest BCUT2D eigenvalue weighted by Gasteiger charge is 1.99. The molecule has 16 heavy (non-hydrogen) atoms. The molecule has 0 aliphatic rings. The van der Waals surface area contributed by atoms with Crippen molar-refractivity contribution in [2.75, 3.05) is 5.73 Å². The van der Waals surface area contributed by atoms with Crippen molar-refractivity contribution in [2.24, 2.45) is 0 Å². The van der Waals surface area contributed by atoms with Crippen LogP contribution in [0.15, 0.2) is 36.7 Å². The van der Waals surface area contributed by atoms with Gasteiger partial charge in [0.25, 0.3) is 0 Å². The second-order valence-corrected chi connectivity index (χ2v) is 4.06. The van der Waals surface area contributed by atoms with E-state index in [2.05, 4.69) is 18.1 Å². The summed E-state index contributed by atoms with van der Waals surface area (Å²) < 4.78 is 1.96. The summed E-state index contributed by atoms with van der Waals surface area (Å²) in [6.07, 6.45) is 5.99. The Balaban J connectivity index is 1.90. The number of aryl methyl sites for hydroxylation is 3. The topological polar surface area (TPSA) is 43.8 Å². The van der Waals surface area contributed by atoms with E-state index in [1.54, 1.807) is 0 Å². The fourth-order valence-electron chi connectivity index (χ4n) is 1.86. The maximum Gasteiger partial charge on any atom is 0.0489 e. The molecule has 0 atom stereocenters. The molecular weight excluding hydrogens is 198 g/mol. The van der Waals surface area contributed by atoms with E-state index in [1.807, 2.05) is 35.3 Å². The molecule has 0 bridgehead atoms. The summed E-state index contributed by atoms with van der Waals surface area (Å²) in [4.78, 5) is 0. The second kappa shape index (κ2) is 4.84. The molecular formula is C13H17N3. The SMILES string of the molecule is Cc1cc(N)ccc1CCCn1cccn1. The van der Waals surface area contributed by atoms with E-state index in [-0.39, 0.29) is 0 Å². The van der Waals surface area contributed by atoms with Gasteiger partial charge in [0.15, 0.2) is 0 Å². The molecule has 1 aromatic carbocycles. The predicted octanol–water partition coefficient (Wildman–Crippen LogP) is 2.41. The van der Waals surface area contributed by atoms with Gasteiger partial charge in [0.2, 0.25) is 0 Å². The third-order valence-corrected chi connectivity index (χ3v) is 2.76. The minimum atomic E-state index is 0.841. The van der Waals surface area contributed by atoms with Crippen LogP contribution in [-0.2, 0) is 13.0 Å². The average molecular weight is 215 g/mol. The fourth-order valence-corrected chi connectivity index (χ4v) is 1.86. The third-order valence-electron chi connectivity index (χ3n) is 2.76. The Morgan fingerprint density at radius 1 is 1.38 bits per heavy atom. The van der Waals surface area contributed by atoms with Gasteiger partial charge in [-0.1, -0.05) is 6.07 Å². The summed E-state index contributed by atoms with van der Waals surface area (Å²) in [5.41, 5.74) is 9.21. The van der Waals surface area contributed by atoms with Crippen molar-refractivity contribution in [3.8, 4) is 0 Å². The molecule has 0 amide bonds. The molecule has 0 saturated carbocycles. The Hall–Kier alpha value is -1.77. The number of anilines is 1. The van der Waals surface area contributed by atoms with Crippen molar-refractivity contribution in [2.45, 2.75) is 26.3 Å². The summed E-state index contributed by atoms with van der Waals surface area (Å²) in [5, 5.41) is 4.18. The van der Waals surface area contributed by atoms with Gasteiger partial charge in [0, 0.05) is 24.6 Å². The molecule has 3 nitrogen and oxygen atoms in total. The largest absolute Gasteiger partial charge is 0.399 e. The summed E-state index contributed by atoms with van der Waals surface area (Å²) in [5.74, 6) is 0. The van der Waals surface area contributed by atoms with Gasteiger partial charge in [-0.3, -0.25) is 4.68 Å². The highest BCUT2D eigenvalue weighted by atomic mass is 15.3. The summed E-state index contributed by atoms with van der Waals surface area (Å²) in [7, 11) is 0. The van der Waals surface area contributed by atoms with Crippen LogP contribution in [0.5, 0.6) is 0 Å². The zero-order valence-corrected chi connectivity index (χ0v) is 9.56. The smallest absolute Gasteiger partial charge is 0.0489 e. The van der Waals surface area contributed by atoms with Crippen molar-refractivity contribution < 1.29 is 0 Å². The van der Waals surface area contributed by atoms with Crippen molar-refractivity contribution in [3.05, 3.63) is 47.8 Å². The molecule has 84 valence electrons. The first-order valence-corrected chi connectivity index (χ1v) is 5.58.